The Hall–Kier alpha value is -2.73. The highest BCUT2D eigenvalue weighted by Crippen LogP contribution is 2.30. The Labute approximate surface area is 164 Å². The van der Waals surface area contributed by atoms with E-state index in [9.17, 15) is 0 Å². The monoisotopic (exact) mass is 381 g/mol. The van der Waals surface area contributed by atoms with Crippen LogP contribution < -0.4 is 14.6 Å². The second-order valence-corrected chi connectivity index (χ2v) is 7.34. The summed E-state index contributed by atoms with van der Waals surface area (Å²) in [6.07, 6.45) is 2.91. The molecule has 3 rings (SSSR count). The second-order valence-electron chi connectivity index (χ2n) is 6.36. The van der Waals surface area contributed by atoms with Crippen LogP contribution in [0.4, 0.5) is 16.5 Å². The molecule has 0 radical (unpaired) electrons. The normalized spacial score (nSPS) is 12.3. The molecule has 1 heterocycles. The summed E-state index contributed by atoms with van der Waals surface area (Å²) in [5.41, 5.74) is 4.32. The second kappa shape index (κ2) is 8.77. The molecule has 0 spiro atoms. The summed E-state index contributed by atoms with van der Waals surface area (Å²) in [7, 11) is 3.59. The van der Waals surface area contributed by atoms with Gasteiger partial charge in [-0.2, -0.15) is 0 Å². The van der Waals surface area contributed by atoms with Crippen LogP contribution in [-0.2, 0) is 7.05 Å². The van der Waals surface area contributed by atoms with Crippen molar-refractivity contribution in [2.24, 2.45) is 17.3 Å². The van der Waals surface area contributed by atoms with Crippen molar-refractivity contribution >= 4 is 27.8 Å². The number of ether oxygens (including phenoxy) is 1. The summed E-state index contributed by atoms with van der Waals surface area (Å²) in [4.78, 5) is 0. The Morgan fingerprint density at radius 2 is 1.93 bits per heavy atom. The number of nitrogens with zero attached hydrogens (tertiary/aromatic N) is 3. The van der Waals surface area contributed by atoms with Crippen molar-refractivity contribution < 1.29 is 9.30 Å². The van der Waals surface area contributed by atoms with Gasteiger partial charge in [-0.05, 0) is 59.1 Å². The van der Waals surface area contributed by atoms with Crippen molar-refractivity contribution in [3.05, 3.63) is 65.9 Å². The number of hydrogen-bond donors (Lipinski definition) is 1. The number of benzene rings is 2. The van der Waals surface area contributed by atoms with Crippen LogP contribution in [0.5, 0.6) is 5.06 Å². The molecule has 6 heteroatoms. The maximum atomic E-state index is 5.24. The van der Waals surface area contributed by atoms with Crippen LogP contribution in [0.1, 0.15) is 30.5 Å². The number of hydrogen-bond acceptors (Lipinski definition) is 5. The molecule has 0 aliphatic heterocycles. The maximum Gasteiger partial charge on any atom is 0.411 e. The van der Waals surface area contributed by atoms with Crippen LogP contribution >= 0.6 is 11.3 Å². The lowest BCUT2D eigenvalue weighted by Crippen LogP contribution is -2.23. The maximum absolute atomic E-state index is 5.24. The van der Waals surface area contributed by atoms with E-state index in [-0.39, 0.29) is 6.04 Å². The van der Waals surface area contributed by atoms with Gasteiger partial charge in [0.2, 0.25) is 5.06 Å². The van der Waals surface area contributed by atoms with Crippen LogP contribution in [0.2, 0.25) is 0 Å². The van der Waals surface area contributed by atoms with Crippen molar-refractivity contribution in [2.75, 3.05) is 12.4 Å². The summed E-state index contributed by atoms with van der Waals surface area (Å²) >= 11 is 1.46. The van der Waals surface area contributed by atoms with Gasteiger partial charge in [-0.3, -0.25) is 0 Å². The molecule has 0 saturated carbocycles. The van der Waals surface area contributed by atoms with Crippen LogP contribution in [0.3, 0.4) is 0 Å². The van der Waals surface area contributed by atoms with Crippen LogP contribution in [0.15, 0.2) is 65.0 Å². The largest absolute Gasteiger partial charge is 0.484 e. The third kappa shape index (κ3) is 4.71. The van der Waals surface area contributed by atoms with E-state index in [2.05, 4.69) is 65.8 Å². The van der Waals surface area contributed by atoms with Crippen molar-refractivity contribution in [2.45, 2.75) is 26.3 Å². The predicted octanol–water partition coefficient (Wildman–Crippen LogP) is 5.87. The fourth-order valence-electron chi connectivity index (χ4n) is 2.85. The summed E-state index contributed by atoms with van der Waals surface area (Å²) in [6, 6.07) is 17.0. The van der Waals surface area contributed by atoms with Crippen molar-refractivity contribution in [3.8, 4) is 5.06 Å². The summed E-state index contributed by atoms with van der Waals surface area (Å²) in [5.74, 6) is 0. The summed E-state index contributed by atoms with van der Waals surface area (Å²) < 4.78 is 7.15. The molecule has 2 aromatic carbocycles. The molecule has 27 heavy (non-hydrogen) atoms. The van der Waals surface area contributed by atoms with E-state index in [0.29, 0.717) is 0 Å². The molecule has 140 valence electrons. The number of aryl methyl sites for hydroxylation is 2. The number of aromatic nitrogens is 1. The lowest BCUT2D eigenvalue weighted by Gasteiger charge is -2.19. The number of thiazole rings is 1. The fourth-order valence-corrected chi connectivity index (χ4v) is 3.60. The van der Waals surface area contributed by atoms with Gasteiger partial charge in [0.15, 0.2) is 0 Å². The van der Waals surface area contributed by atoms with E-state index < -0.39 is 0 Å². The molecule has 1 aromatic heterocycles. The van der Waals surface area contributed by atoms with Crippen molar-refractivity contribution in [3.63, 3.8) is 0 Å². The lowest BCUT2D eigenvalue weighted by molar-refractivity contribution is -0.654. The Bertz CT molecular complexity index is 921. The third-order valence-corrected chi connectivity index (χ3v) is 5.41. The Morgan fingerprint density at radius 1 is 1.15 bits per heavy atom. The smallest absolute Gasteiger partial charge is 0.411 e. The molecule has 0 bridgehead atoms. The first kappa shape index (κ1) is 19.0. The first-order valence-electron chi connectivity index (χ1n) is 8.98. The van der Waals surface area contributed by atoms with Crippen LogP contribution in [0, 0.1) is 6.92 Å². The predicted molar refractivity (Wildman–Crippen MR) is 110 cm³/mol. The Morgan fingerprint density at radius 3 is 2.56 bits per heavy atom. The van der Waals surface area contributed by atoms with Gasteiger partial charge >= 0.3 is 5.13 Å². The molecule has 0 aliphatic carbocycles. The van der Waals surface area contributed by atoms with Crippen LogP contribution in [-0.4, -0.2) is 7.11 Å². The van der Waals surface area contributed by atoms with Crippen LogP contribution in [0.25, 0.3) is 0 Å². The molecule has 1 unspecified atom stereocenters. The number of rotatable bonds is 7. The average molecular weight is 382 g/mol. The quantitative estimate of drug-likeness (QED) is 0.411. The zero-order chi connectivity index (χ0) is 19.2. The van der Waals surface area contributed by atoms with Gasteiger partial charge < -0.3 is 10.1 Å². The molecule has 1 N–H and O–H groups in total. The zero-order valence-corrected chi connectivity index (χ0v) is 17.0. The highest BCUT2D eigenvalue weighted by molar-refractivity contribution is 7.16. The molecule has 0 fully saturated rings. The number of anilines is 1. The molecular formula is C21H25N4OS+. The van der Waals surface area contributed by atoms with Gasteiger partial charge in [-0.25, -0.2) is 4.57 Å². The molecule has 0 aliphatic rings. The minimum atomic E-state index is 0.288. The van der Waals surface area contributed by atoms with Gasteiger partial charge in [-0.1, -0.05) is 37.3 Å². The average Bonchev–Trinajstić information content (AvgIpc) is 3.06. The van der Waals surface area contributed by atoms with Gasteiger partial charge in [0, 0.05) is 5.69 Å². The summed E-state index contributed by atoms with van der Waals surface area (Å²) in [5, 5.41) is 14.0. The Kier molecular flexibility index (Phi) is 6.19. The topological polar surface area (TPSA) is 49.9 Å². The van der Waals surface area contributed by atoms with Gasteiger partial charge in [0.1, 0.15) is 11.9 Å². The fraction of sp³-hybridized carbons (Fsp3) is 0.286. The number of azo groups is 1. The SMILES string of the molecule is CCC(Nc1ccc(N=Nc2sc(OC)c[n+]2C)c(C)c1)c1ccccc1. The van der Waals surface area contributed by atoms with Crippen molar-refractivity contribution in [1.29, 1.82) is 0 Å². The zero-order valence-electron chi connectivity index (χ0n) is 16.1. The first-order valence-corrected chi connectivity index (χ1v) is 9.79. The lowest BCUT2D eigenvalue weighted by atomic mass is 10.0. The summed E-state index contributed by atoms with van der Waals surface area (Å²) in [6.45, 7) is 4.24. The van der Waals surface area contributed by atoms with E-state index in [1.807, 2.05) is 29.9 Å². The van der Waals surface area contributed by atoms with Crippen molar-refractivity contribution in [1.82, 2.24) is 0 Å². The molecule has 0 amide bonds. The minimum Gasteiger partial charge on any atom is -0.484 e. The molecular weight excluding hydrogens is 356 g/mol. The number of methoxy groups -OCH3 is 1. The van der Waals surface area contributed by atoms with Gasteiger partial charge in [-0.15, -0.1) is 0 Å². The highest BCUT2D eigenvalue weighted by Gasteiger charge is 2.14. The first-order chi connectivity index (χ1) is 13.1. The number of nitrogens with one attached hydrogen (secondary N) is 1. The van der Waals surface area contributed by atoms with Gasteiger partial charge in [0.05, 0.1) is 25.3 Å². The molecule has 5 nitrogen and oxygen atoms in total. The minimum absolute atomic E-state index is 0.288. The van der Waals surface area contributed by atoms with E-state index in [4.69, 9.17) is 4.74 Å². The molecule has 3 aromatic rings. The Balaban J connectivity index is 1.75. The standard InChI is InChI=1S/C21H24N4OS/c1-5-18(16-9-7-6-8-10-16)22-17-11-12-19(15(2)13-17)23-24-21-25(3)14-20(26-4)27-21/h6-14,18H,5H2,1-4H3/p+1. The van der Waals surface area contributed by atoms with E-state index >= 15 is 0 Å². The van der Waals surface area contributed by atoms with E-state index in [0.717, 1.165) is 33.6 Å². The third-order valence-electron chi connectivity index (χ3n) is 4.39. The van der Waals surface area contributed by atoms with E-state index in [1.165, 1.54) is 16.9 Å². The molecule has 0 saturated heterocycles. The molecule has 1 atom stereocenters. The highest BCUT2D eigenvalue weighted by atomic mass is 32.1. The van der Waals surface area contributed by atoms with Gasteiger partial charge in [0.25, 0.3) is 0 Å². The van der Waals surface area contributed by atoms with E-state index in [1.54, 1.807) is 7.11 Å².